The molecule has 0 unspecified atom stereocenters. The third kappa shape index (κ3) is 2.68. The van der Waals surface area contributed by atoms with Crippen molar-refractivity contribution in [3.05, 3.63) is 58.4 Å². The number of carbonyl (C=O) groups is 1. The monoisotopic (exact) mass is 310 g/mol. The number of aryl methyl sites for hydroxylation is 1. The largest absolute Gasteiger partial charge is 0.497 e. The Balaban J connectivity index is 2.19. The van der Waals surface area contributed by atoms with Crippen LogP contribution in [0.1, 0.15) is 5.56 Å². The number of benzene rings is 2. The van der Waals surface area contributed by atoms with E-state index >= 15 is 0 Å². The Morgan fingerprint density at radius 3 is 2.39 bits per heavy atom. The third-order valence-electron chi connectivity index (χ3n) is 3.70. The van der Waals surface area contributed by atoms with Crippen molar-refractivity contribution in [1.29, 1.82) is 0 Å². The highest BCUT2D eigenvalue weighted by molar-refractivity contribution is 5.87. The van der Waals surface area contributed by atoms with E-state index in [1.807, 2.05) is 19.1 Å². The zero-order valence-corrected chi connectivity index (χ0v) is 12.7. The second kappa shape index (κ2) is 5.96. The van der Waals surface area contributed by atoms with Gasteiger partial charge in [-0.2, -0.15) is 0 Å². The molecule has 0 bridgehead atoms. The SMILES string of the molecule is COc1ccc(-c2c(C)c3ccc(OC=O)cc3oc2=O)cc1. The summed E-state index contributed by atoms with van der Waals surface area (Å²) in [5.74, 6) is 1.04. The van der Waals surface area contributed by atoms with Crippen LogP contribution in [0.15, 0.2) is 51.7 Å². The summed E-state index contributed by atoms with van der Waals surface area (Å²) in [6.07, 6.45) is 0. The first-order valence-corrected chi connectivity index (χ1v) is 6.96. The van der Waals surface area contributed by atoms with E-state index in [1.165, 1.54) is 6.07 Å². The minimum absolute atomic E-state index is 0.326. The summed E-state index contributed by atoms with van der Waals surface area (Å²) in [6, 6.07) is 12.2. The predicted molar refractivity (Wildman–Crippen MR) is 85.9 cm³/mol. The van der Waals surface area contributed by atoms with Crippen LogP contribution in [0.4, 0.5) is 0 Å². The molecule has 3 aromatic rings. The van der Waals surface area contributed by atoms with Crippen LogP contribution in [0.25, 0.3) is 22.1 Å². The van der Waals surface area contributed by atoms with Crippen LogP contribution in [0.5, 0.6) is 11.5 Å². The first-order chi connectivity index (χ1) is 11.1. The van der Waals surface area contributed by atoms with E-state index in [1.54, 1.807) is 31.4 Å². The van der Waals surface area contributed by atoms with E-state index < -0.39 is 5.63 Å². The molecule has 0 N–H and O–H groups in total. The first kappa shape index (κ1) is 14.8. The molecule has 0 aliphatic rings. The van der Waals surface area contributed by atoms with Gasteiger partial charge in [0.2, 0.25) is 0 Å². The molecule has 1 aromatic heterocycles. The number of hydrogen-bond donors (Lipinski definition) is 0. The van der Waals surface area contributed by atoms with Gasteiger partial charge in [0.05, 0.1) is 12.7 Å². The Morgan fingerprint density at radius 2 is 1.74 bits per heavy atom. The lowest BCUT2D eigenvalue weighted by Gasteiger charge is -2.09. The fraction of sp³-hybridized carbons (Fsp3) is 0.111. The van der Waals surface area contributed by atoms with Crippen LogP contribution < -0.4 is 15.1 Å². The Morgan fingerprint density at radius 1 is 1.04 bits per heavy atom. The molecule has 5 heteroatoms. The maximum absolute atomic E-state index is 12.4. The molecule has 0 amide bonds. The molecule has 0 aliphatic carbocycles. The summed E-state index contributed by atoms with van der Waals surface area (Å²) >= 11 is 0. The van der Waals surface area contributed by atoms with Crippen molar-refractivity contribution >= 4 is 17.4 Å². The Kier molecular flexibility index (Phi) is 3.85. The molecule has 0 aliphatic heterocycles. The van der Waals surface area contributed by atoms with Crippen molar-refractivity contribution in [3.63, 3.8) is 0 Å². The number of carbonyl (C=O) groups excluding carboxylic acids is 1. The number of fused-ring (bicyclic) bond motifs is 1. The van der Waals surface area contributed by atoms with Crippen molar-refractivity contribution in [2.24, 2.45) is 0 Å². The lowest BCUT2D eigenvalue weighted by Crippen LogP contribution is -2.06. The third-order valence-corrected chi connectivity index (χ3v) is 3.70. The van der Waals surface area contributed by atoms with E-state index in [4.69, 9.17) is 13.9 Å². The summed E-state index contributed by atoms with van der Waals surface area (Å²) in [7, 11) is 1.59. The highest BCUT2D eigenvalue weighted by atomic mass is 16.5. The highest BCUT2D eigenvalue weighted by Crippen LogP contribution is 2.29. The van der Waals surface area contributed by atoms with Crippen molar-refractivity contribution in [3.8, 4) is 22.6 Å². The van der Waals surface area contributed by atoms with Crippen LogP contribution >= 0.6 is 0 Å². The topological polar surface area (TPSA) is 65.7 Å². The van der Waals surface area contributed by atoms with Gasteiger partial charge in [-0.25, -0.2) is 4.79 Å². The number of ether oxygens (including phenoxy) is 2. The molecule has 0 atom stereocenters. The molecule has 0 saturated carbocycles. The minimum Gasteiger partial charge on any atom is -0.497 e. The fourth-order valence-electron chi connectivity index (χ4n) is 2.56. The maximum Gasteiger partial charge on any atom is 0.344 e. The molecule has 3 rings (SSSR count). The standard InChI is InChI=1S/C18H14O5/c1-11-15-8-7-14(22-10-19)9-16(15)23-18(20)17(11)12-3-5-13(21-2)6-4-12/h3-10H,1-2H3. The average Bonchev–Trinajstić information content (AvgIpc) is 2.55. The average molecular weight is 310 g/mol. The second-order valence-electron chi connectivity index (χ2n) is 4.99. The normalized spacial score (nSPS) is 10.5. The van der Waals surface area contributed by atoms with E-state index in [2.05, 4.69) is 0 Å². The molecule has 0 spiro atoms. The van der Waals surface area contributed by atoms with E-state index in [0.29, 0.717) is 29.1 Å². The van der Waals surface area contributed by atoms with Gasteiger partial charge in [-0.05, 0) is 42.3 Å². The summed E-state index contributed by atoms with van der Waals surface area (Å²) in [5.41, 5.74) is 2.00. The van der Waals surface area contributed by atoms with Crippen LogP contribution in [0, 0.1) is 6.92 Å². The molecule has 2 aromatic carbocycles. The first-order valence-electron chi connectivity index (χ1n) is 6.96. The van der Waals surface area contributed by atoms with Crippen molar-refractivity contribution in [2.45, 2.75) is 6.92 Å². The number of hydrogen-bond acceptors (Lipinski definition) is 5. The Bertz CT molecular complexity index is 923. The van der Waals surface area contributed by atoms with Gasteiger partial charge < -0.3 is 13.9 Å². The van der Waals surface area contributed by atoms with E-state index in [-0.39, 0.29) is 0 Å². The summed E-state index contributed by atoms with van der Waals surface area (Å²) < 4.78 is 15.3. The Hall–Kier alpha value is -3.08. The maximum atomic E-state index is 12.4. The molecule has 23 heavy (non-hydrogen) atoms. The Labute approximate surface area is 132 Å². The quantitative estimate of drug-likeness (QED) is 0.546. The minimum atomic E-state index is -0.441. The van der Waals surface area contributed by atoms with Gasteiger partial charge in [0.15, 0.2) is 0 Å². The lowest BCUT2D eigenvalue weighted by molar-refractivity contribution is -0.120. The van der Waals surface area contributed by atoms with Gasteiger partial charge in [-0.1, -0.05) is 12.1 Å². The summed E-state index contributed by atoms with van der Waals surface area (Å²) in [5, 5.41) is 0.786. The molecule has 5 nitrogen and oxygen atoms in total. The highest BCUT2D eigenvalue weighted by Gasteiger charge is 2.14. The van der Waals surface area contributed by atoms with Crippen LogP contribution in [-0.2, 0) is 4.79 Å². The molecule has 1 heterocycles. The summed E-state index contributed by atoms with van der Waals surface area (Å²) in [6.45, 7) is 2.19. The number of methoxy groups -OCH3 is 1. The smallest absolute Gasteiger partial charge is 0.344 e. The zero-order valence-electron chi connectivity index (χ0n) is 12.7. The van der Waals surface area contributed by atoms with Gasteiger partial charge >= 0.3 is 5.63 Å². The fourth-order valence-corrected chi connectivity index (χ4v) is 2.56. The molecule has 0 saturated heterocycles. The molecular formula is C18H14O5. The molecular weight excluding hydrogens is 296 g/mol. The van der Waals surface area contributed by atoms with E-state index in [9.17, 15) is 9.59 Å². The van der Waals surface area contributed by atoms with E-state index in [0.717, 1.165) is 16.5 Å². The van der Waals surface area contributed by atoms with Gasteiger partial charge in [0.1, 0.15) is 17.1 Å². The van der Waals surface area contributed by atoms with Crippen molar-refractivity contribution in [2.75, 3.05) is 7.11 Å². The molecule has 116 valence electrons. The summed E-state index contributed by atoms with van der Waals surface area (Å²) in [4.78, 5) is 22.8. The number of rotatable bonds is 4. The van der Waals surface area contributed by atoms with Crippen LogP contribution in [0.3, 0.4) is 0 Å². The zero-order chi connectivity index (χ0) is 16.4. The van der Waals surface area contributed by atoms with Crippen LogP contribution in [-0.4, -0.2) is 13.6 Å². The van der Waals surface area contributed by atoms with Crippen LogP contribution in [0.2, 0.25) is 0 Å². The molecule has 0 radical (unpaired) electrons. The second-order valence-corrected chi connectivity index (χ2v) is 4.99. The predicted octanol–water partition coefficient (Wildman–Crippen LogP) is 3.31. The van der Waals surface area contributed by atoms with Gasteiger partial charge in [0.25, 0.3) is 6.47 Å². The lowest BCUT2D eigenvalue weighted by atomic mass is 9.99. The van der Waals surface area contributed by atoms with Gasteiger partial charge in [0, 0.05) is 11.5 Å². The van der Waals surface area contributed by atoms with Crippen molar-refractivity contribution in [1.82, 2.24) is 0 Å². The molecule has 0 fully saturated rings. The van der Waals surface area contributed by atoms with Gasteiger partial charge in [-0.15, -0.1) is 0 Å². The van der Waals surface area contributed by atoms with Crippen molar-refractivity contribution < 1.29 is 18.7 Å². The van der Waals surface area contributed by atoms with Gasteiger partial charge in [-0.3, -0.25) is 4.79 Å².